The van der Waals surface area contributed by atoms with Crippen LogP contribution in [0.2, 0.25) is 0 Å². The van der Waals surface area contributed by atoms with E-state index in [1.54, 1.807) is 13.0 Å². The molecule has 1 aliphatic carbocycles. The number of aryl methyl sites for hydroxylation is 1. The third kappa shape index (κ3) is 3.63. The lowest BCUT2D eigenvalue weighted by Gasteiger charge is -2.31. The highest BCUT2D eigenvalue weighted by Crippen LogP contribution is 2.28. The average Bonchev–Trinajstić information content (AvgIpc) is 2.76. The summed E-state index contributed by atoms with van der Waals surface area (Å²) in [5.74, 6) is 2.64. The Morgan fingerprint density at radius 1 is 1.35 bits per heavy atom. The number of rotatable bonds is 4. The Kier molecular flexibility index (Phi) is 4.86. The first-order valence-electron chi connectivity index (χ1n) is 7.40. The van der Waals surface area contributed by atoms with Gasteiger partial charge < -0.3 is 14.5 Å². The summed E-state index contributed by atoms with van der Waals surface area (Å²) in [6, 6.07) is 2.32. The third-order valence-corrected chi connectivity index (χ3v) is 4.12. The predicted molar refractivity (Wildman–Crippen MR) is 77.6 cm³/mol. The zero-order valence-electron chi connectivity index (χ0n) is 12.9. The second kappa shape index (κ2) is 6.44. The average molecular weight is 279 g/mol. The first-order valence-corrected chi connectivity index (χ1v) is 7.40. The van der Waals surface area contributed by atoms with Crippen LogP contribution in [0.1, 0.15) is 55.0 Å². The molecule has 0 aliphatic heterocycles. The van der Waals surface area contributed by atoms with E-state index in [0.29, 0.717) is 23.9 Å². The maximum Gasteiger partial charge on any atom is 0.341 e. The van der Waals surface area contributed by atoms with Crippen molar-refractivity contribution in [1.29, 1.82) is 0 Å². The lowest BCUT2D eigenvalue weighted by Crippen LogP contribution is -2.35. The van der Waals surface area contributed by atoms with Gasteiger partial charge in [-0.2, -0.15) is 0 Å². The second-order valence-electron chi connectivity index (χ2n) is 6.17. The summed E-state index contributed by atoms with van der Waals surface area (Å²) in [5.41, 5.74) is 0.523. The number of esters is 1. The molecule has 0 radical (unpaired) electrons. The molecule has 112 valence electrons. The summed E-state index contributed by atoms with van der Waals surface area (Å²) < 4.78 is 10.4. The number of furan rings is 1. The minimum atomic E-state index is -0.336. The van der Waals surface area contributed by atoms with Gasteiger partial charge in [-0.05, 0) is 44.1 Å². The molecule has 1 saturated carbocycles. The molecule has 2 atom stereocenters. The molecule has 1 aliphatic rings. The van der Waals surface area contributed by atoms with Gasteiger partial charge in [0, 0.05) is 6.04 Å². The summed E-state index contributed by atoms with van der Waals surface area (Å²) in [6.45, 7) is 7.09. The molecule has 0 aromatic carbocycles. The fourth-order valence-electron chi connectivity index (χ4n) is 3.30. The molecule has 1 aromatic heterocycles. The number of hydrogen-bond acceptors (Lipinski definition) is 4. The van der Waals surface area contributed by atoms with Gasteiger partial charge in [0.15, 0.2) is 0 Å². The molecule has 20 heavy (non-hydrogen) atoms. The van der Waals surface area contributed by atoms with E-state index in [1.165, 1.54) is 26.4 Å². The summed E-state index contributed by atoms with van der Waals surface area (Å²) in [4.78, 5) is 11.5. The monoisotopic (exact) mass is 279 g/mol. The first kappa shape index (κ1) is 15.1. The first-order chi connectivity index (χ1) is 9.49. The van der Waals surface area contributed by atoms with Crippen LogP contribution in [0.5, 0.6) is 0 Å². The summed E-state index contributed by atoms with van der Waals surface area (Å²) in [5, 5.41) is 3.55. The molecule has 0 spiro atoms. The molecular formula is C16H25NO3. The van der Waals surface area contributed by atoms with Gasteiger partial charge in [-0.3, -0.25) is 0 Å². The molecule has 2 unspecified atom stereocenters. The molecule has 1 heterocycles. The lowest BCUT2D eigenvalue weighted by molar-refractivity contribution is 0.0599. The van der Waals surface area contributed by atoms with E-state index < -0.39 is 0 Å². The summed E-state index contributed by atoms with van der Waals surface area (Å²) in [6.07, 6.45) is 3.76. The zero-order valence-corrected chi connectivity index (χ0v) is 12.9. The van der Waals surface area contributed by atoms with Gasteiger partial charge in [0.05, 0.1) is 13.7 Å². The zero-order chi connectivity index (χ0) is 14.7. The van der Waals surface area contributed by atoms with Crippen LogP contribution in [0.15, 0.2) is 10.5 Å². The van der Waals surface area contributed by atoms with Crippen molar-refractivity contribution >= 4 is 5.97 Å². The quantitative estimate of drug-likeness (QED) is 0.859. The van der Waals surface area contributed by atoms with Crippen molar-refractivity contribution < 1.29 is 13.9 Å². The van der Waals surface area contributed by atoms with E-state index in [4.69, 9.17) is 9.15 Å². The number of hydrogen-bond donors (Lipinski definition) is 1. The SMILES string of the molecule is COC(=O)c1cc(CNC2CC(C)CC(C)C2)oc1C. The summed E-state index contributed by atoms with van der Waals surface area (Å²) >= 11 is 0. The number of carbonyl (C=O) groups is 1. The van der Waals surface area contributed by atoms with Crippen LogP contribution in [-0.4, -0.2) is 19.1 Å². The van der Waals surface area contributed by atoms with Crippen LogP contribution in [0.3, 0.4) is 0 Å². The van der Waals surface area contributed by atoms with E-state index >= 15 is 0 Å². The topological polar surface area (TPSA) is 51.5 Å². The highest BCUT2D eigenvalue weighted by atomic mass is 16.5. The minimum Gasteiger partial charge on any atom is -0.465 e. The number of methoxy groups -OCH3 is 1. The van der Waals surface area contributed by atoms with Crippen molar-refractivity contribution in [3.63, 3.8) is 0 Å². The van der Waals surface area contributed by atoms with E-state index in [0.717, 1.165) is 17.6 Å². The van der Waals surface area contributed by atoms with E-state index in [9.17, 15) is 4.79 Å². The summed E-state index contributed by atoms with van der Waals surface area (Å²) in [7, 11) is 1.39. The Morgan fingerprint density at radius 2 is 2.00 bits per heavy atom. The van der Waals surface area contributed by atoms with Crippen molar-refractivity contribution in [2.75, 3.05) is 7.11 Å². The minimum absolute atomic E-state index is 0.336. The van der Waals surface area contributed by atoms with Gasteiger partial charge in [0.1, 0.15) is 17.1 Å². The Morgan fingerprint density at radius 3 is 2.60 bits per heavy atom. The van der Waals surface area contributed by atoms with Crippen molar-refractivity contribution in [2.24, 2.45) is 11.8 Å². The van der Waals surface area contributed by atoms with Crippen molar-refractivity contribution in [1.82, 2.24) is 5.32 Å². The Hall–Kier alpha value is -1.29. The van der Waals surface area contributed by atoms with Crippen LogP contribution in [0, 0.1) is 18.8 Å². The van der Waals surface area contributed by atoms with Crippen LogP contribution < -0.4 is 5.32 Å². The van der Waals surface area contributed by atoms with Crippen molar-refractivity contribution in [2.45, 2.75) is 52.6 Å². The van der Waals surface area contributed by atoms with Gasteiger partial charge in [-0.15, -0.1) is 0 Å². The normalized spacial score (nSPS) is 26.5. The molecular weight excluding hydrogens is 254 g/mol. The highest BCUT2D eigenvalue weighted by molar-refractivity contribution is 5.90. The highest BCUT2D eigenvalue weighted by Gasteiger charge is 2.24. The maximum atomic E-state index is 11.5. The molecule has 1 N–H and O–H groups in total. The fourth-order valence-corrected chi connectivity index (χ4v) is 3.30. The lowest BCUT2D eigenvalue weighted by atomic mass is 9.80. The van der Waals surface area contributed by atoms with Crippen molar-refractivity contribution in [3.05, 3.63) is 23.2 Å². The van der Waals surface area contributed by atoms with Crippen LogP contribution in [0.4, 0.5) is 0 Å². The number of nitrogens with one attached hydrogen (secondary N) is 1. The van der Waals surface area contributed by atoms with E-state index in [1.807, 2.05) is 0 Å². The molecule has 0 amide bonds. The molecule has 1 aromatic rings. The molecule has 1 fully saturated rings. The van der Waals surface area contributed by atoms with Gasteiger partial charge in [0.25, 0.3) is 0 Å². The number of ether oxygens (including phenoxy) is 1. The number of carbonyl (C=O) groups excluding carboxylic acids is 1. The molecule has 4 nitrogen and oxygen atoms in total. The largest absolute Gasteiger partial charge is 0.465 e. The maximum absolute atomic E-state index is 11.5. The van der Waals surface area contributed by atoms with Crippen LogP contribution in [0.25, 0.3) is 0 Å². The Labute approximate surface area is 120 Å². The third-order valence-electron chi connectivity index (χ3n) is 4.12. The standard InChI is InChI=1S/C16H25NO3/c1-10-5-11(2)7-13(6-10)17-9-14-8-15(12(3)20-14)16(18)19-4/h8,10-11,13,17H,5-7,9H2,1-4H3. The van der Waals surface area contributed by atoms with Crippen LogP contribution >= 0.6 is 0 Å². The van der Waals surface area contributed by atoms with E-state index in [2.05, 4.69) is 19.2 Å². The fraction of sp³-hybridized carbons (Fsp3) is 0.688. The van der Waals surface area contributed by atoms with Gasteiger partial charge in [-0.25, -0.2) is 4.79 Å². The molecule has 0 bridgehead atoms. The van der Waals surface area contributed by atoms with E-state index in [-0.39, 0.29) is 5.97 Å². The van der Waals surface area contributed by atoms with Crippen LogP contribution in [-0.2, 0) is 11.3 Å². The predicted octanol–water partition coefficient (Wildman–Crippen LogP) is 3.29. The molecule has 0 saturated heterocycles. The molecule has 2 rings (SSSR count). The van der Waals surface area contributed by atoms with Gasteiger partial charge in [-0.1, -0.05) is 13.8 Å². The van der Waals surface area contributed by atoms with Gasteiger partial charge in [0.2, 0.25) is 0 Å². The van der Waals surface area contributed by atoms with Gasteiger partial charge >= 0.3 is 5.97 Å². The van der Waals surface area contributed by atoms with Crippen molar-refractivity contribution in [3.8, 4) is 0 Å². The Balaban J connectivity index is 1.92. The smallest absolute Gasteiger partial charge is 0.341 e. The Bertz CT molecular complexity index is 456. The molecule has 4 heteroatoms. The second-order valence-corrected chi connectivity index (χ2v) is 6.17.